The van der Waals surface area contributed by atoms with Crippen LogP contribution in [0.4, 0.5) is 4.39 Å². The van der Waals surface area contributed by atoms with E-state index in [0.29, 0.717) is 32.0 Å². The van der Waals surface area contributed by atoms with Crippen molar-refractivity contribution in [3.05, 3.63) is 35.1 Å². The van der Waals surface area contributed by atoms with Crippen LogP contribution in [-0.2, 0) is 16.0 Å². The SMILES string of the molecule is CCN(CC(N)C(=O)N1C(C#N)CC2CC21)C1CCN(C2CCc3cc(F)ccc32)C1=O. The zero-order valence-corrected chi connectivity index (χ0v) is 18.4. The topological polar surface area (TPSA) is 93.7 Å². The third kappa shape index (κ3) is 3.48. The van der Waals surface area contributed by atoms with E-state index in [1.807, 2.05) is 22.8 Å². The first-order chi connectivity index (χ1) is 15.4. The molecule has 6 unspecified atom stereocenters. The Morgan fingerprint density at radius 1 is 1.38 bits per heavy atom. The van der Waals surface area contributed by atoms with Gasteiger partial charge in [0.25, 0.3) is 0 Å². The van der Waals surface area contributed by atoms with Gasteiger partial charge in [-0.1, -0.05) is 13.0 Å². The molecule has 4 aliphatic rings. The highest BCUT2D eigenvalue weighted by molar-refractivity contribution is 5.86. The van der Waals surface area contributed by atoms with Crippen molar-refractivity contribution in [2.24, 2.45) is 11.7 Å². The van der Waals surface area contributed by atoms with E-state index in [9.17, 15) is 19.2 Å². The summed E-state index contributed by atoms with van der Waals surface area (Å²) in [6.07, 6.45) is 4.00. The lowest BCUT2D eigenvalue weighted by Crippen LogP contribution is -2.54. The molecule has 32 heavy (non-hydrogen) atoms. The zero-order chi connectivity index (χ0) is 22.6. The molecule has 2 amide bonds. The molecule has 2 aliphatic heterocycles. The molecule has 2 heterocycles. The van der Waals surface area contributed by atoms with Crippen LogP contribution in [0.1, 0.15) is 49.8 Å². The minimum atomic E-state index is -0.748. The number of carbonyl (C=O) groups excluding carboxylic acids is 2. The maximum atomic E-state index is 13.6. The predicted octanol–water partition coefficient (Wildman–Crippen LogP) is 1.58. The molecule has 6 atom stereocenters. The highest BCUT2D eigenvalue weighted by atomic mass is 19.1. The summed E-state index contributed by atoms with van der Waals surface area (Å²) in [5.41, 5.74) is 8.35. The fourth-order valence-electron chi connectivity index (χ4n) is 6.11. The number of piperidine rings is 1. The number of likely N-dealkylation sites (tertiary alicyclic amines) is 2. The number of carbonyl (C=O) groups is 2. The van der Waals surface area contributed by atoms with Gasteiger partial charge in [0.1, 0.15) is 11.9 Å². The third-order valence-corrected chi connectivity index (χ3v) is 7.84. The van der Waals surface area contributed by atoms with Crippen LogP contribution in [0, 0.1) is 23.1 Å². The summed E-state index contributed by atoms with van der Waals surface area (Å²) in [5.74, 6) is 0.104. The molecule has 1 saturated carbocycles. The number of hydrogen-bond acceptors (Lipinski definition) is 5. The van der Waals surface area contributed by atoms with Gasteiger partial charge in [-0.2, -0.15) is 5.26 Å². The number of halogens is 1. The monoisotopic (exact) mass is 439 g/mol. The molecule has 1 aromatic carbocycles. The average molecular weight is 440 g/mol. The Morgan fingerprint density at radius 2 is 2.19 bits per heavy atom. The van der Waals surface area contributed by atoms with Crippen molar-refractivity contribution in [1.82, 2.24) is 14.7 Å². The number of amides is 2. The molecule has 0 bridgehead atoms. The Hall–Kier alpha value is -2.50. The third-order valence-electron chi connectivity index (χ3n) is 7.84. The minimum absolute atomic E-state index is 0.00935. The van der Waals surface area contributed by atoms with Gasteiger partial charge < -0.3 is 15.5 Å². The number of nitriles is 1. The standard InChI is InChI=1S/C24H30FN5O2/c1-2-28(13-19(27)23(31)30-17(12-26)10-15-11-22(15)30)21-7-8-29(24(21)32)20-6-3-14-9-16(25)4-5-18(14)20/h4-5,9,15,17,19-22H,2-3,6-8,10-11,13,27H2,1H3. The summed E-state index contributed by atoms with van der Waals surface area (Å²) in [4.78, 5) is 32.0. The van der Waals surface area contributed by atoms with Crippen molar-refractivity contribution >= 4 is 11.8 Å². The summed E-state index contributed by atoms with van der Waals surface area (Å²) >= 11 is 0. The van der Waals surface area contributed by atoms with E-state index in [2.05, 4.69) is 6.07 Å². The Morgan fingerprint density at radius 3 is 2.94 bits per heavy atom. The smallest absolute Gasteiger partial charge is 0.242 e. The Labute approximate surface area is 187 Å². The highest BCUT2D eigenvalue weighted by Crippen LogP contribution is 2.47. The number of rotatable bonds is 6. The van der Waals surface area contributed by atoms with Gasteiger partial charge >= 0.3 is 0 Å². The van der Waals surface area contributed by atoms with E-state index in [1.165, 1.54) is 6.07 Å². The molecule has 5 rings (SSSR count). The number of aryl methyl sites for hydroxylation is 1. The number of fused-ring (bicyclic) bond motifs is 2. The van der Waals surface area contributed by atoms with Gasteiger partial charge in [-0.15, -0.1) is 0 Å². The fourth-order valence-corrected chi connectivity index (χ4v) is 6.11. The van der Waals surface area contributed by atoms with Crippen molar-refractivity contribution < 1.29 is 14.0 Å². The molecule has 7 nitrogen and oxygen atoms in total. The zero-order valence-electron chi connectivity index (χ0n) is 18.4. The molecule has 3 fully saturated rings. The minimum Gasteiger partial charge on any atom is -0.334 e. The van der Waals surface area contributed by atoms with Crippen molar-refractivity contribution in [1.29, 1.82) is 5.26 Å². The fraction of sp³-hybridized carbons (Fsp3) is 0.625. The Bertz CT molecular complexity index is 978. The second kappa shape index (κ2) is 8.13. The van der Waals surface area contributed by atoms with Crippen LogP contribution in [0.2, 0.25) is 0 Å². The second-order valence-corrected chi connectivity index (χ2v) is 9.62. The molecule has 0 spiro atoms. The molecule has 2 saturated heterocycles. The summed E-state index contributed by atoms with van der Waals surface area (Å²) in [6, 6.07) is 5.83. The average Bonchev–Trinajstić information content (AvgIpc) is 3.10. The van der Waals surface area contributed by atoms with Gasteiger partial charge in [-0.3, -0.25) is 14.5 Å². The van der Waals surface area contributed by atoms with Gasteiger partial charge in [-0.25, -0.2) is 4.39 Å². The van der Waals surface area contributed by atoms with E-state index in [-0.39, 0.29) is 41.8 Å². The lowest BCUT2D eigenvalue weighted by atomic mass is 10.1. The number of benzene rings is 1. The predicted molar refractivity (Wildman–Crippen MR) is 116 cm³/mol. The first kappa shape index (κ1) is 21.4. The number of hydrogen-bond donors (Lipinski definition) is 1. The molecule has 170 valence electrons. The molecular formula is C24H30FN5O2. The normalized spacial score (nSPS) is 31.6. The van der Waals surface area contributed by atoms with Crippen LogP contribution in [0.25, 0.3) is 0 Å². The van der Waals surface area contributed by atoms with Crippen molar-refractivity contribution in [3.8, 4) is 6.07 Å². The number of nitrogens with zero attached hydrogens (tertiary/aromatic N) is 4. The molecular weight excluding hydrogens is 409 g/mol. The quantitative estimate of drug-likeness (QED) is 0.726. The largest absolute Gasteiger partial charge is 0.334 e. The molecule has 2 aliphatic carbocycles. The van der Waals surface area contributed by atoms with Crippen molar-refractivity contribution in [2.75, 3.05) is 19.6 Å². The summed E-state index contributed by atoms with van der Waals surface area (Å²) < 4.78 is 13.6. The van der Waals surface area contributed by atoms with Gasteiger partial charge in [-0.05, 0) is 67.8 Å². The van der Waals surface area contributed by atoms with E-state index >= 15 is 0 Å². The van der Waals surface area contributed by atoms with E-state index in [1.54, 1.807) is 11.0 Å². The maximum absolute atomic E-state index is 13.6. The molecule has 0 aromatic heterocycles. The lowest BCUT2D eigenvalue weighted by Gasteiger charge is -2.32. The summed E-state index contributed by atoms with van der Waals surface area (Å²) in [6.45, 7) is 3.55. The van der Waals surface area contributed by atoms with Gasteiger partial charge in [0.2, 0.25) is 11.8 Å². The van der Waals surface area contributed by atoms with Crippen LogP contribution in [0.5, 0.6) is 0 Å². The maximum Gasteiger partial charge on any atom is 0.242 e. The first-order valence-corrected chi connectivity index (χ1v) is 11.7. The van der Waals surface area contributed by atoms with Gasteiger partial charge in [0.05, 0.1) is 24.2 Å². The number of likely N-dealkylation sites (N-methyl/N-ethyl adjacent to an activating group) is 1. The second-order valence-electron chi connectivity index (χ2n) is 9.62. The Kier molecular flexibility index (Phi) is 5.42. The van der Waals surface area contributed by atoms with E-state index in [4.69, 9.17) is 5.73 Å². The van der Waals surface area contributed by atoms with Crippen LogP contribution < -0.4 is 5.73 Å². The summed E-state index contributed by atoms with van der Waals surface area (Å²) in [7, 11) is 0. The van der Waals surface area contributed by atoms with Crippen molar-refractivity contribution in [3.63, 3.8) is 0 Å². The summed E-state index contributed by atoms with van der Waals surface area (Å²) in [5, 5.41) is 9.39. The van der Waals surface area contributed by atoms with Gasteiger partial charge in [0.15, 0.2) is 0 Å². The van der Waals surface area contributed by atoms with Crippen LogP contribution >= 0.6 is 0 Å². The molecule has 2 N–H and O–H groups in total. The first-order valence-electron chi connectivity index (χ1n) is 11.7. The van der Waals surface area contributed by atoms with Crippen molar-refractivity contribution in [2.45, 2.75) is 69.2 Å². The highest BCUT2D eigenvalue weighted by Gasteiger charge is 2.55. The van der Waals surface area contributed by atoms with Gasteiger partial charge in [0, 0.05) is 19.1 Å². The molecule has 1 aromatic rings. The van der Waals surface area contributed by atoms with Crippen LogP contribution in [-0.4, -0.2) is 70.3 Å². The molecule has 0 radical (unpaired) electrons. The lowest BCUT2D eigenvalue weighted by molar-refractivity contribution is -0.137. The molecule has 8 heteroatoms. The Balaban J connectivity index is 1.25. The number of nitrogens with two attached hydrogens (primary N) is 1. The van der Waals surface area contributed by atoms with E-state index < -0.39 is 6.04 Å². The van der Waals surface area contributed by atoms with Crippen LogP contribution in [0.15, 0.2) is 18.2 Å². The van der Waals surface area contributed by atoms with Crippen LogP contribution in [0.3, 0.4) is 0 Å². The van der Waals surface area contributed by atoms with E-state index in [0.717, 1.165) is 36.8 Å².